The Morgan fingerprint density at radius 1 is 0.914 bits per heavy atom. The van der Waals surface area contributed by atoms with Crippen molar-refractivity contribution in [3.05, 3.63) is 86.6 Å². The molecule has 1 N–H and O–H groups in total. The first-order chi connectivity index (χ1) is 16.8. The summed E-state index contributed by atoms with van der Waals surface area (Å²) in [6, 6.07) is 15.2. The van der Waals surface area contributed by atoms with Gasteiger partial charge in [0.2, 0.25) is 0 Å². The maximum absolute atomic E-state index is 12.8. The van der Waals surface area contributed by atoms with Crippen molar-refractivity contribution >= 4 is 28.3 Å². The molecule has 1 aromatic heterocycles. The van der Waals surface area contributed by atoms with Crippen LogP contribution >= 0.6 is 0 Å². The first-order valence-corrected chi connectivity index (χ1v) is 10.3. The third-order valence-electron chi connectivity index (χ3n) is 5.30. The largest absolute Gasteiger partial charge is 0.497 e. The second kappa shape index (κ2) is 9.56. The summed E-state index contributed by atoms with van der Waals surface area (Å²) in [6.07, 6.45) is 0. The second-order valence-corrected chi connectivity index (χ2v) is 7.35. The molecule has 1 amide bonds. The fraction of sp³-hybridized carbons (Fsp3) is 0.120. The zero-order chi connectivity index (χ0) is 25.1. The first-order valence-electron chi connectivity index (χ1n) is 10.3. The lowest BCUT2D eigenvalue weighted by Crippen LogP contribution is -2.14. The van der Waals surface area contributed by atoms with Gasteiger partial charge in [0, 0.05) is 23.4 Å². The molecule has 0 unspecified atom stereocenters. The summed E-state index contributed by atoms with van der Waals surface area (Å²) >= 11 is 0. The van der Waals surface area contributed by atoms with Crippen LogP contribution in [0.1, 0.15) is 10.4 Å². The Morgan fingerprint density at radius 2 is 1.60 bits per heavy atom. The number of nitrogens with zero attached hydrogens (tertiary/aromatic N) is 1. The van der Waals surface area contributed by atoms with Crippen LogP contribution in [-0.4, -0.2) is 32.2 Å². The molecule has 1 heterocycles. The van der Waals surface area contributed by atoms with Gasteiger partial charge < -0.3 is 23.9 Å². The average Bonchev–Trinajstić information content (AvgIpc) is 2.87. The molecular weight excluding hydrogens is 456 g/mol. The van der Waals surface area contributed by atoms with Crippen molar-refractivity contribution in [1.82, 2.24) is 0 Å². The maximum atomic E-state index is 12.8. The summed E-state index contributed by atoms with van der Waals surface area (Å²) in [5.74, 6) is 0.517. The Balaban J connectivity index is 1.61. The fourth-order valence-corrected chi connectivity index (χ4v) is 3.52. The van der Waals surface area contributed by atoms with Gasteiger partial charge in [-0.25, -0.2) is 0 Å². The number of nitro benzene ring substituents is 1. The number of nitrogens with one attached hydrogen (secondary N) is 1. The SMILES string of the molecule is COc1ccc2oc(-c3ccc(NC(=O)c4cc(OC)c(OC)cc4[N+](=O)[O-])cc3)cc(=O)c2c1. The Labute approximate surface area is 198 Å². The molecule has 0 fully saturated rings. The summed E-state index contributed by atoms with van der Waals surface area (Å²) in [6.45, 7) is 0. The van der Waals surface area contributed by atoms with Crippen LogP contribution in [-0.2, 0) is 0 Å². The monoisotopic (exact) mass is 476 g/mol. The molecule has 35 heavy (non-hydrogen) atoms. The van der Waals surface area contributed by atoms with E-state index in [1.54, 1.807) is 42.5 Å². The number of methoxy groups -OCH3 is 3. The minimum absolute atomic E-state index is 0.135. The molecule has 10 heteroatoms. The van der Waals surface area contributed by atoms with Crippen molar-refractivity contribution in [2.75, 3.05) is 26.6 Å². The predicted molar refractivity (Wildman–Crippen MR) is 129 cm³/mol. The molecule has 3 aromatic carbocycles. The smallest absolute Gasteiger partial charge is 0.286 e. The minimum atomic E-state index is -0.698. The van der Waals surface area contributed by atoms with Crippen molar-refractivity contribution in [3.63, 3.8) is 0 Å². The summed E-state index contributed by atoms with van der Waals surface area (Å²) < 4.78 is 21.3. The van der Waals surface area contributed by atoms with Gasteiger partial charge in [-0.15, -0.1) is 0 Å². The van der Waals surface area contributed by atoms with E-state index < -0.39 is 16.5 Å². The molecule has 0 atom stereocenters. The van der Waals surface area contributed by atoms with Gasteiger partial charge in [-0.1, -0.05) is 0 Å². The third kappa shape index (κ3) is 4.62. The maximum Gasteiger partial charge on any atom is 0.286 e. The van der Waals surface area contributed by atoms with Crippen LogP contribution in [0.2, 0.25) is 0 Å². The Kier molecular flexibility index (Phi) is 6.36. The Bertz CT molecular complexity index is 1490. The number of fused-ring (bicyclic) bond motifs is 1. The quantitative estimate of drug-likeness (QED) is 0.301. The van der Waals surface area contributed by atoms with Gasteiger partial charge in [0.05, 0.1) is 37.7 Å². The molecule has 0 bridgehead atoms. The topological polar surface area (TPSA) is 130 Å². The zero-order valence-electron chi connectivity index (χ0n) is 19.0. The van der Waals surface area contributed by atoms with Gasteiger partial charge in [0.25, 0.3) is 11.6 Å². The van der Waals surface area contributed by atoms with Crippen LogP contribution in [0.5, 0.6) is 17.2 Å². The Hall–Kier alpha value is -4.86. The molecule has 0 radical (unpaired) electrons. The minimum Gasteiger partial charge on any atom is -0.497 e. The van der Waals surface area contributed by atoms with Gasteiger partial charge in [0.15, 0.2) is 16.9 Å². The van der Waals surface area contributed by atoms with Crippen LogP contribution in [0.25, 0.3) is 22.3 Å². The number of carbonyl (C=O) groups excluding carboxylic acids is 1. The molecule has 0 aliphatic carbocycles. The highest BCUT2D eigenvalue weighted by molar-refractivity contribution is 6.07. The van der Waals surface area contributed by atoms with E-state index in [4.69, 9.17) is 18.6 Å². The van der Waals surface area contributed by atoms with Gasteiger partial charge >= 0.3 is 0 Å². The van der Waals surface area contributed by atoms with Gasteiger partial charge in [-0.3, -0.25) is 19.7 Å². The normalized spacial score (nSPS) is 10.6. The van der Waals surface area contributed by atoms with Crippen LogP contribution in [0.3, 0.4) is 0 Å². The average molecular weight is 476 g/mol. The van der Waals surface area contributed by atoms with Crippen LogP contribution in [0, 0.1) is 10.1 Å². The van der Waals surface area contributed by atoms with Crippen LogP contribution in [0.4, 0.5) is 11.4 Å². The molecule has 0 saturated carbocycles. The number of anilines is 1. The van der Waals surface area contributed by atoms with Crippen molar-refractivity contribution in [2.45, 2.75) is 0 Å². The number of rotatable bonds is 7. The lowest BCUT2D eigenvalue weighted by atomic mass is 10.1. The van der Waals surface area contributed by atoms with E-state index in [1.165, 1.54) is 33.5 Å². The van der Waals surface area contributed by atoms with Gasteiger partial charge in [-0.05, 0) is 42.5 Å². The molecular formula is C25H20N2O8. The van der Waals surface area contributed by atoms with E-state index in [9.17, 15) is 19.7 Å². The summed E-state index contributed by atoms with van der Waals surface area (Å²) in [4.78, 5) is 36.2. The van der Waals surface area contributed by atoms with E-state index in [1.807, 2.05) is 0 Å². The number of carbonyl (C=O) groups is 1. The van der Waals surface area contributed by atoms with Gasteiger partial charge in [0.1, 0.15) is 22.7 Å². The van der Waals surface area contributed by atoms with E-state index in [-0.39, 0.29) is 22.5 Å². The third-order valence-corrected chi connectivity index (χ3v) is 5.30. The highest BCUT2D eigenvalue weighted by Gasteiger charge is 2.24. The van der Waals surface area contributed by atoms with E-state index in [0.717, 1.165) is 6.07 Å². The molecule has 0 aliphatic heterocycles. The van der Waals surface area contributed by atoms with Crippen LogP contribution in [0.15, 0.2) is 69.9 Å². The number of hydrogen-bond donors (Lipinski definition) is 1. The van der Waals surface area contributed by atoms with E-state index in [2.05, 4.69) is 5.32 Å². The highest BCUT2D eigenvalue weighted by atomic mass is 16.6. The van der Waals surface area contributed by atoms with Crippen LogP contribution < -0.4 is 25.0 Å². The zero-order valence-corrected chi connectivity index (χ0v) is 19.0. The standard InChI is InChI=1S/C25H20N2O8/c1-32-16-8-9-21-18(10-16)20(28)13-22(35-21)14-4-6-15(7-5-14)26-25(29)17-11-23(33-2)24(34-3)12-19(17)27(30)31/h4-13H,1-3H3,(H,26,29). The second-order valence-electron chi connectivity index (χ2n) is 7.35. The summed E-state index contributed by atoms with van der Waals surface area (Å²) in [7, 11) is 4.23. The first kappa shape index (κ1) is 23.3. The number of hydrogen-bond acceptors (Lipinski definition) is 8. The van der Waals surface area contributed by atoms with Crippen molar-refractivity contribution < 1.29 is 28.3 Å². The lowest BCUT2D eigenvalue weighted by molar-refractivity contribution is -0.385. The molecule has 4 aromatic rings. The molecule has 0 spiro atoms. The summed E-state index contributed by atoms with van der Waals surface area (Å²) in [5, 5.41) is 14.5. The molecule has 0 saturated heterocycles. The highest BCUT2D eigenvalue weighted by Crippen LogP contribution is 2.35. The van der Waals surface area contributed by atoms with Crippen molar-refractivity contribution in [1.29, 1.82) is 0 Å². The van der Waals surface area contributed by atoms with Crippen molar-refractivity contribution in [3.8, 4) is 28.6 Å². The predicted octanol–water partition coefficient (Wildman–Crippen LogP) is 4.65. The number of benzene rings is 3. The number of ether oxygens (including phenoxy) is 3. The Morgan fingerprint density at radius 3 is 2.23 bits per heavy atom. The fourth-order valence-electron chi connectivity index (χ4n) is 3.52. The van der Waals surface area contributed by atoms with E-state index in [0.29, 0.717) is 33.7 Å². The molecule has 178 valence electrons. The molecule has 4 rings (SSSR count). The van der Waals surface area contributed by atoms with Crippen molar-refractivity contribution in [2.24, 2.45) is 0 Å². The molecule has 0 aliphatic rings. The molecule has 10 nitrogen and oxygen atoms in total. The lowest BCUT2D eigenvalue weighted by Gasteiger charge is -2.11. The summed E-state index contributed by atoms with van der Waals surface area (Å²) in [5.41, 5.74) is 0.564. The number of nitro groups is 1. The van der Waals surface area contributed by atoms with E-state index >= 15 is 0 Å². The number of amides is 1. The van der Waals surface area contributed by atoms with Gasteiger partial charge in [-0.2, -0.15) is 0 Å².